The van der Waals surface area contributed by atoms with Gasteiger partial charge in [0.05, 0.1) is 11.0 Å². The molecule has 4 nitrogen and oxygen atoms in total. The molecule has 2 aromatic carbocycles. The van der Waals surface area contributed by atoms with Gasteiger partial charge >= 0.3 is 6.18 Å². The van der Waals surface area contributed by atoms with Gasteiger partial charge in [-0.2, -0.15) is 13.2 Å². The minimum absolute atomic E-state index is 0.161. The lowest BCUT2D eigenvalue weighted by atomic mass is 9.72. The molecule has 8 heteroatoms. The summed E-state index contributed by atoms with van der Waals surface area (Å²) < 4.78 is 59.1. The lowest BCUT2D eigenvalue weighted by Crippen LogP contribution is -2.51. The molecule has 0 radical (unpaired) electrons. The second-order valence-electron chi connectivity index (χ2n) is 8.90. The maximum Gasteiger partial charge on any atom is 0.416 e. The highest BCUT2D eigenvalue weighted by molar-refractivity contribution is 5.94. The molecule has 5 rings (SSSR count). The molecule has 0 bridgehead atoms. The van der Waals surface area contributed by atoms with Crippen molar-refractivity contribution in [1.82, 2.24) is 9.88 Å². The molecule has 3 aromatic rings. The van der Waals surface area contributed by atoms with Gasteiger partial charge in [0.25, 0.3) is 0 Å². The second kappa shape index (κ2) is 8.58. The Bertz CT molecular complexity index is 1260. The van der Waals surface area contributed by atoms with E-state index in [4.69, 9.17) is 4.74 Å². The van der Waals surface area contributed by atoms with Crippen LogP contribution >= 0.6 is 0 Å². The summed E-state index contributed by atoms with van der Waals surface area (Å²) in [5.74, 6) is -0.474. The van der Waals surface area contributed by atoms with Crippen LogP contribution in [0.2, 0.25) is 0 Å². The molecule has 3 heterocycles. The number of aromatic amines is 1. The minimum atomic E-state index is -4.48. The van der Waals surface area contributed by atoms with E-state index in [9.17, 15) is 22.4 Å². The molecule has 0 atom stereocenters. The number of rotatable bonds is 3. The maximum absolute atomic E-state index is 13.8. The van der Waals surface area contributed by atoms with E-state index in [2.05, 4.69) is 4.98 Å². The fourth-order valence-corrected chi connectivity index (χ4v) is 5.10. The van der Waals surface area contributed by atoms with Gasteiger partial charge in [-0.05, 0) is 54.7 Å². The molecule has 1 aromatic heterocycles. The molecule has 1 amide bonds. The van der Waals surface area contributed by atoms with Crippen molar-refractivity contribution in [3.8, 4) is 0 Å². The highest BCUT2D eigenvalue weighted by atomic mass is 19.4. The molecule has 2 aliphatic heterocycles. The van der Waals surface area contributed by atoms with Crippen LogP contribution in [0.3, 0.4) is 0 Å². The van der Waals surface area contributed by atoms with E-state index in [1.54, 1.807) is 17.0 Å². The first-order chi connectivity index (χ1) is 16.3. The van der Waals surface area contributed by atoms with E-state index in [1.807, 2.05) is 12.3 Å². The van der Waals surface area contributed by atoms with Gasteiger partial charge in [0, 0.05) is 49.0 Å². The van der Waals surface area contributed by atoms with Crippen molar-refractivity contribution in [3.63, 3.8) is 0 Å². The van der Waals surface area contributed by atoms with Crippen LogP contribution in [-0.2, 0) is 21.1 Å². The number of ether oxygens (including phenoxy) is 1. The van der Waals surface area contributed by atoms with E-state index >= 15 is 0 Å². The molecule has 0 saturated carbocycles. The Morgan fingerprint density at radius 3 is 2.59 bits per heavy atom. The third kappa shape index (κ3) is 4.00. The number of nitrogens with one attached hydrogen (secondary N) is 1. The number of aromatic nitrogens is 1. The van der Waals surface area contributed by atoms with Crippen LogP contribution in [0.5, 0.6) is 0 Å². The zero-order valence-electron chi connectivity index (χ0n) is 18.4. The van der Waals surface area contributed by atoms with Gasteiger partial charge < -0.3 is 14.6 Å². The molecule has 34 heavy (non-hydrogen) atoms. The molecule has 1 N–H and O–H groups in total. The van der Waals surface area contributed by atoms with E-state index < -0.39 is 17.2 Å². The highest BCUT2D eigenvalue weighted by Crippen LogP contribution is 2.40. The first kappa shape index (κ1) is 22.7. The van der Waals surface area contributed by atoms with Crippen LogP contribution in [0.1, 0.15) is 36.0 Å². The molecule has 0 aliphatic carbocycles. The fourth-order valence-electron chi connectivity index (χ4n) is 5.10. The van der Waals surface area contributed by atoms with Crippen LogP contribution in [0, 0.1) is 5.82 Å². The second-order valence-corrected chi connectivity index (χ2v) is 8.90. The number of benzene rings is 2. The Morgan fingerprint density at radius 2 is 1.88 bits per heavy atom. The molecular weight excluding hydrogens is 448 g/mol. The Morgan fingerprint density at radius 1 is 1.09 bits per heavy atom. The van der Waals surface area contributed by atoms with Crippen molar-refractivity contribution in [1.29, 1.82) is 0 Å². The topological polar surface area (TPSA) is 45.3 Å². The Kier molecular flexibility index (Phi) is 5.72. The van der Waals surface area contributed by atoms with Gasteiger partial charge in [0.2, 0.25) is 5.91 Å². The summed E-state index contributed by atoms with van der Waals surface area (Å²) in [6.45, 7) is 1.47. The zero-order valence-corrected chi connectivity index (χ0v) is 18.4. The third-order valence-electron chi connectivity index (χ3n) is 6.98. The van der Waals surface area contributed by atoms with E-state index in [0.717, 1.165) is 28.7 Å². The number of carbonyl (C=O) groups excluding carboxylic acids is 1. The summed E-state index contributed by atoms with van der Waals surface area (Å²) in [7, 11) is 0. The third-order valence-corrected chi connectivity index (χ3v) is 6.98. The monoisotopic (exact) mass is 472 g/mol. The molecular formula is C26H24F4N2O2. The molecule has 178 valence electrons. The fraction of sp³-hybridized carbons (Fsp3) is 0.346. The van der Waals surface area contributed by atoms with Crippen LogP contribution in [0.25, 0.3) is 16.5 Å². The lowest BCUT2D eigenvalue weighted by Gasteiger charge is -2.41. The maximum atomic E-state index is 13.8. The Hall–Kier alpha value is -3.13. The number of halogens is 4. The van der Waals surface area contributed by atoms with E-state index in [1.165, 1.54) is 18.2 Å². The number of fused-ring (bicyclic) bond motifs is 1. The van der Waals surface area contributed by atoms with Crippen molar-refractivity contribution in [2.45, 2.75) is 30.9 Å². The van der Waals surface area contributed by atoms with Gasteiger partial charge in [0.1, 0.15) is 5.82 Å². The standard InChI is InChI=1S/C26H24F4N2O2/c27-20-4-5-21-22(16-31-23(21)15-20)17-6-10-32(11-7-17)24(33)25(8-12-34-13-9-25)18-2-1-3-19(14-18)26(28,29)30/h1-6,14-16,31H,7-13H2. The van der Waals surface area contributed by atoms with Crippen molar-refractivity contribution in [2.75, 3.05) is 26.3 Å². The Labute approximate surface area is 194 Å². The van der Waals surface area contributed by atoms with Crippen LogP contribution in [0.15, 0.2) is 54.7 Å². The first-order valence-corrected chi connectivity index (χ1v) is 11.3. The Balaban J connectivity index is 1.43. The number of carbonyl (C=O) groups is 1. The number of nitrogens with zero attached hydrogens (tertiary/aromatic N) is 1. The van der Waals surface area contributed by atoms with Crippen LogP contribution in [0.4, 0.5) is 17.6 Å². The van der Waals surface area contributed by atoms with E-state index in [0.29, 0.717) is 56.6 Å². The predicted octanol–water partition coefficient (Wildman–Crippen LogP) is 5.69. The van der Waals surface area contributed by atoms with Crippen LogP contribution in [-0.4, -0.2) is 42.1 Å². The van der Waals surface area contributed by atoms with Gasteiger partial charge in [-0.1, -0.05) is 24.3 Å². The molecule has 1 fully saturated rings. The summed E-state index contributed by atoms with van der Waals surface area (Å²) in [5.41, 5.74) is 1.34. The summed E-state index contributed by atoms with van der Waals surface area (Å²) in [5, 5.41) is 0.914. The summed E-state index contributed by atoms with van der Waals surface area (Å²) >= 11 is 0. The van der Waals surface area contributed by atoms with Crippen LogP contribution < -0.4 is 0 Å². The van der Waals surface area contributed by atoms with Crippen molar-refractivity contribution in [2.24, 2.45) is 0 Å². The number of H-pyrrole nitrogens is 1. The van der Waals surface area contributed by atoms with Gasteiger partial charge in [-0.3, -0.25) is 4.79 Å². The normalized spacial score (nSPS) is 18.7. The lowest BCUT2D eigenvalue weighted by molar-refractivity contribution is -0.142. The average molecular weight is 472 g/mol. The number of hydrogen-bond donors (Lipinski definition) is 1. The quantitative estimate of drug-likeness (QED) is 0.498. The highest BCUT2D eigenvalue weighted by Gasteiger charge is 2.45. The smallest absolute Gasteiger partial charge is 0.381 e. The molecule has 2 aliphatic rings. The SMILES string of the molecule is O=C(N1CC=C(c2c[nH]c3cc(F)ccc23)CC1)C1(c2cccc(C(F)(F)F)c2)CCOCC1. The zero-order chi connectivity index (χ0) is 23.9. The number of alkyl halides is 3. The number of hydrogen-bond acceptors (Lipinski definition) is 2. The molecule has 0 spiro atoms. The minimum Gasteiger partial charge on any atom is -0.381 e. The van der Waals surface area contributed by atoms with E-state index in [-0.39, 0.29) is 11.7 Å². The van der Waals surface area contributed by atoms with Crippen molar-refractivity contribution < 1.29 is 27.1 Å². The summed E-state index contributed by atoms with van der Waals surface area (Å²) in [6, 6.07) is 9.74. The van der Waals surface area contributed by atoms with Gasteiger partial charge in [-0.15, -0.1) is 0 Å². The largest absolute Gasteiger partial charge is 0.416 e. The molecule has 1 saturated heterocycles. The van der Waals surface area contributed by atoms with Crippen molar-refractivity contribution >= 4 is 22.4 Å². The van der Waals surface area contributed by atoms with Gasteiger partial charge in [0.15, 0.2) is 0 Å². The number of amides is 1. The van der Waals surface area contributed by atoms with Crippen molar-refractivity contribution in [3.05, 3.63) is 77.2 Å². The summed E-state index contributed by atoms with van der Waals surface area (Å²) in [4.78, 5) is 18.6. The van der Waals surface area contributed by atoms with Gasteiger partial charge in [-0.25, -0.2) is 4.39 Å². The summed E-state index contributed by atoms with van der Waals surface area (Å²) in [6.07, 6.45) is 0.632. The predicted molar refractivity (Wildman–Crippen MR) is 121 cm³/mol. The average Bonchev–Trinajstić information content (AvgIpc) is 3.26. The molecule has 0 unspecified atom stereocenters. The first-order valence-electron chi connectivity index (χ1n) is 11.3.